The molecule has 0 radical (unpaired) electrons. The van der Waals surface area contributed by atoms with Crippen LogP contribution in [0.4, 0.5) is 0 Å². The maximum Gasteiger partial charge on any atom is 0.356 e. The summed E-state index contributed by atoms with van der Waals surface area (Å²) in [5, 5.41) is 22.6. The lowest BCUT2D eigenvalue weighted by Crippen LogP contribution is -2.23. The van der Waals surface area contributed by atoms with Crippen LogP contribution in [0.3, 0.4) is 0 Å². The van der Waals surface area contributed by atoms with Gasteiger partial charge in [0.25, 0.3) is 0 Å². The van der Waals surface area contributed by atoms with Crippen molar-refractivity contribution in [3.8, 4) is 11.3 Å². The van der Waals surface area contributed by atoms with Gasteiger partial charge in [0.2, 0.25) is 0 Å². The molecule has 0 amide bonds. The Morgan fingerprint density at radius 1 is 1.35 bits per heavy atom. The maximum atomic E-state index is 11.0. The van der Waals surface area contributed by atoms with E-state index in [-0.39, 0.29) is 12.3 Å². The third-order valence-electron chi connectivity index (χ3n) is 3.43. The van der Waals surface area contributed by atoms with E-state index in [0.29, 0.717) is 0 Å². The first kappa shape index (κ1) is 14.3. The first-order chi connectivity index (χ1) is 9.36. The molecule has 5 heteroatoms. The van der Waals surface area contributed by atoms with Gasteiger partial charge in [-0.2, -0.15) is 5.10 Å². The molecule has 20 heavy (non-hydrogen) atoms. The predicted octanol–water partition coefficient (Wildman–Crippen LogP) is 2.06. The molecule has 0 spiro atoms. The highest BCUT2D eigenvalue weighted by molar-refractivity contribution is 5.87. The Labute approximate surface area is 117 Å². The molecule has 0 bridgehead atoms. The highest BCUT2D eigenvalue weighted by Crippen LogP contribution is 2.33. The lowest BCUT2D eigenvalue weighted by Gasteiger charge is -2.25. The van der Waals surface area contributed by atoms with E-state index in [4.69, 9.17) is 5.11 Å². The van der Waals surface area contributed by atoms with Crippen molar-refractivity contribution in [3.05, 3.63) is 41.6 Å². The highest BCUT2D eigenvalue weighted by atomic mass is 16.4. The minimum atomic E-state index is -1.05. The SMILES string of the molecule is Cn1nc(C(=O)O)cc1-c1ccccc1C(C)(C)CO. The van der Waals surface area contributed by atoms with Gasteiger partial charge in [0.1, 0.15) is 0 Å². The molecule has 106 valence electrons. The fourth-order valence-corrected chi connectivity index (χ4v) is 2.21. The Kier molecular flexibility index (Phi) is 3.63. The molecule has 2 N–H and O–H groups in total. The van der Waals surface area contributed by atoms with Gasteiger partial charge in [-0.25, -0.2) is 4.79 Å². The second-order valence-corrected chi connectivity index (χ2v) is 5.43. The fourth-order valence-electron chi connectivity index (χ4n) is 2.21. The summed E-state index contributed by atoms with van der Waals surface area (Å²) in [5.74, 6) is -1.05. The van der Waals surface area contributed by atoms with Crippen molar-refractivity contribution in [2.75, 3.05) is 6.61 Å². The first-order valence-electron chi connectivity index (χ1n) is 6.35. The number of benzene rings is 1. The predicted molar refractivity (Wildman–Crippen MR) is 75.7 cm³/mol. The van der Waals surface area contributed by atoms with Crippen LogP contribution in [0.1, 0.15) is 29.9 Å². The molecular formula is C15H18N2O3. The summed E-state index contributed by atoms with van der Waals surface area (Å²) >= 11 is 0. The monoisotopic (exact) mass is 274 g/mol. The van der Waals surface area contributed by atoms with Gasteiger partial charge in [0, 0.05) is 18.0 Å². The quantitative estimate of drug-likeness (QED) is 0.894. The molecule has 0 aliphatic carbocycles. The summed E-state index contributed by atoms with van der Waals surface area (Å²) < 4.78 is 1.55. The van der Waals surface area contributed by atoms with Gasteiger partial charge in [0.05, 0.1) is 12.3 Å². The van der Waals surface area contributed by atoms with Crippen molar-refractivity contribution in [2.45, 2.75) is 19.3 Å². The molecule has 5 nitrogen and oxygen atoms in total. The van der Waals surface area contributed by atoms with Crippen LogP contribution in [0.2, 0.25) is 0 Å². The average Bonchev–Trinajstić information content (AvgIpc) is 2.81. The molecule has 0 fully saturated rings. The molecule has 2 aromatic rings. The molecule has 1 aromatic heterocycles. The van der Waals surface area contributed by atoms with Gasteiger partial charge in [-0.05, 0) is 11.6 Å². The topological polar surface area (TPSA) is 75.4 Å². The number of aromatic nitrogens is 2. The summed E-state index contributed by atoms with van der Waals surface area (Å²) in [6, 6.07) is 9.20. The molecular weight excluding hydrogens is 256 g/mol. The number of aryl methyl sites for hydroxylation is 1. The van der Waals surface area contributed by atoms with E-state index in [2.05, 4.69) is 5.10 Å². The average molecular weight is 274 g/mol. The summed E-state index contributed by atoms with van der Waals surface area (Å²) in [4.78, 5) is 11.0. The van der Waals surface area contributed by atoms with Gasteiger partial charge in [0.15, 0.2) is 5.69 Å². The minimum absolute atomic E-state index is 0.00759. The first-order valence-corrected chi connectivity index (χ1v) is 6.35. The van der Waals surface area contributed by atoms with E-state index in [0.717, 1.165) is 16.8 Å². The van der Waals surface area contributed by atoms with E-state index >= 15 is 0 Å². The number of hydrogen-bond donors (Lipinski definition) is 2. The zero-order valence-corrected chi connectivity index (χ0v) is 11.8. The summed E-state index contributed by atoms with van der Waals surface area (Å²) in [7, 11) is 1.71. The zero-order valence-electron chi connectivity index (χ0n) is 11.8. The minimum Gasteiger partial charge on any atom is -0.476 e. The molecule has 0 atom stereocenters. The van der Waals surface area contributed by atoms with Crippen LogP contribution in [0, 0.1) is 0 Å². The van der Waals surface area contributed by atoms with Gasteiger partial charge < -0.3 is 10.2 Å². The van der Waals surface area contributed by atoms with Crippen molar-refractivity contribution in [1.29, 1.82) is 0 Å². The Bertz CT molecular complexity index is 644. The molecule has 2 rings (SSSR count). The van der Waals surface area contributed by atoms with Crippen molar-refractivity contribution in [1.82, 2.24) is 9.78 Å². The second-order valence-electron chi connectivity index (χ2n) is 5.43. The smallest absolute Gasteiger partial charge is 0.356 e. The fraction of sp³-hybridized carbons (Fsp3) is 0.333. The molecule has 0 aliphatic rings. The van der Waals surface area contributed by atoms with E-state index < -0.39 is 11.4 Å². The Morgan fingerprint density at radius 2 is 2.00 bits per heavy atom. The maximum absolute atomic E-state index is 11.0. The Hall–Kier alpha value is -2.14. The van der Waals surface area contributed by atoms with Crippen molar-refractivity contribution in [2.24, 2.45) is 7.05 Å². The number of carbonyl (C=O) groups is 1. The third kappa shape index (κ3) is 2.44. The van der Waals surface area contributed by atoms with Crippen molar-refractivity contribution < 1.29 is 15.0 Å². The molecule has 0 saturated heterocycles. The highest BCUT2D eigenvalue weighted by Gasteiger charge is 2.24. The van der Waals surface area contributed by atoms with E-state index in [1.54, 1.807) is 17.8 Å². The normalized spacial score (nSPS) is 11.6. The Morgan fingerprint density at radius 3 is 2.55 bits per heavy atom. The summed E-state index contributed by atoms with van der Waals surface area (Å²) in [6.07, 6.45) is 0. The molecule has 1 aromatic carbocycles. The van der Waals surface area contributed by atoms with Crippen LogP contribution in [0.25, 0.3) is 11.3 Å². The van der Waals surface area contributed by atoms with E-state index in [1.807, 2.05) is 38.1 Å². The third-order valence-corrected chi connectivity index (χ3v) is 3.43. The molecule has 0 unspecified atom stereocenters. The summed E-state index contributed by atoms with van der Waals surface area (Å²) in [6.45, 7) is 3.90. The largest absolute Gasteiger partial charge is 0.476 e. The lowest BCUT2D eigenvalue weighted by atomic mass is 9.82. The number of aliphatic hydroxyl groups is 1. The van der Waals surface area contributed by atoms with Crippen LogP contribution >= 0.6 is 0 Å². The number of aromatic carboxylic acids is 1. The van der Waals surface area contributed by atoms with Crippen molar-refractivity contribution >= 4 is 5.97 Å². The standard InChI is InChI=1S/C15H18N2O3/c1-15(2,9-18)11-7-5-4-6-10(11)13-8-12(14(19)20)16-17(13)3/h4-8,18H,9H2,1-3H3,(H,19,20). The molecule has 0 aliphatic heterocycles. The lowest BCUT2D eigenvalue weighted by molar-refractivity contribution is 0.0689. The van der Waals surface area contributed by atoms with E-state index in [9.17, 15) is 9.90 Å². The number of rotatable bonds is 4. The summed E-state index contributed by atoms with van der Waals surface area (Å²) in [5.41, 5.74) is 2.17. The van der Waals surface area contributed by atoms with Gasteiger partial charge >= 0.3 is 5.97 Å². The molecule has 1 heterocycles. The van der Waals surface area contributed by atoms with Gasteiger partial charge in [-0.3, -0.25) is 4.68 Å². The second kappa shape index (κ2) is 5.09. The van der Waals surface area contributed by atoms with Gasteiger partial charge in [-0.1, -0.05) is 38.1 Å². The molecule has 0 saturated carbocycles. The van der Waals surface area contributed by atoms with Crippen LogP contribution < -0.4 is 0 Å². The van der Waals surface area contributed by atoms with Crippen LogP contribution in [-0.2, 0) is 12.5 Å². The number of nitrogens with zero attached hydrogens (tertiary/aromatic N) is 2. The van der Waals surface area contributed by atoms with Crippen LogP contribution in [0.15, 0.2) is 30.3 Å². The van der Waals surface area contributed by atoms with Crippen LogP contribution in [-0.4, -0.2) is 32.6 Å². The van der Waals surface area contributed by atoms with E-state index in [1.165, 1.54) is 0 Å². The number of carboxylic acid groups (broad SMARTS) is 1. The Balaban J connectivity index is 2.62. The number of hydrogen-bond acceptors (Lipinski definition) is 3. The van der Waals surface area contributed by atoms with Crippen molar-refractivity contribution in [3.63, 3.8) is 0 Å². The van der Waals surface area contributed by atoms with Crippen LogP contribution in [0.5, 0.6) is 0 Å². The number of aliphatic hydroxyl groups excluding tert-OH is 1. The zero-order chi connectivity index (χ0) is 14.9. The van der Waals surface area contributed by atoms with Gasteiger partial charge in [-0.15, -0.1) is 0 Å². The number of carboxylic acids is 1.